The van der Waals surface area contributed by atoms with Crippen LogP contribution < -0.4 is 19.5 Å². The molecule has 0 saturated carbocycles. The van der Waals surface area contributed by atoms with E-state index in [4.69, 9.17) is 14.2 Å². The van der Waals surface area contributed by atoms with E-state index in [-0.39, 0.29) is 6.10 Å². The van der Waals surface area contributed by atoms with Gasteiger partial charge in [-0.1, -0.05) is 42.5 Å². The van der Waals surface area contributed by atoms with Gasteiger partial charge in [-0.3, -0.25) is 0 Å². The fraction of sp³-hybridized carbons (Fsp3) is 0.280. The minimum absolute atomic E-state index is 0.0404. The zero-order chi connectivity index (χ0) is 20.5. The van der Waals surface area contributed by atoms with Gasteiger partial charge < -0.3 is 19.5 Å². The van der Waals surface area contributed by atoms with Crippen molar-refractivity contribution in [1.29, 1.82) is 0 Å². The summed E-state index contributed by atoms with van der Waals surface area (Å²) >= 11 is 0. The summed E-state index contributed by atoms with van der Waals surface area (Å²) < 4.78 is 17.6. The quantitative estimate of drug-likeness (QED) is 0.454. The molecule has 0 aliphatic rings. The van der Waals surface area contributed by atoms with Gasteiger partial charge in [0.25, 0.3) is 0 Å². The summed E-state index contributed by atoms with van der Waals surface area (Å²) in [5.74, 6) is 2.64. The fourth-order valence-electron chi connectivity index (χ4n) is 3.02. The minimum atomic E-state index is 0.0404. The molecule has 1 atom stereocenters. The Hall–Kier alpha value is -3.14. The molecular weight excluding hydrogens is 362 g/mol. The Balaban J connectivity index is 1.44. The van der Waals surface area contributed by atoms with E-state index in [1.54, 1.807) is 0 Å². The van der Waals surface area contributed by atoms with E-state index in [0.29, 0.717) is 19.8 Å². The summed E-state index contributed by atoms with van der Waals surface area (Å²) in [5.41, 5.74) is 3.32. The molecule has 0 amide bonds. The lowest BCUT2D eigenvalue weighted by Crippen LogP contribution is -2.23. The van der Waals surface area contributed by atoms with Crippen LogP contribution in [0.4, 0.5) is 5.69 Å². The summed E-state index contributed by atoms with van der Waals surface area (Å²) in [6.45, 7) is 7.91. The van der Waals surface area contributed by atoms with Gasteiger partial charge in [0, 0.05) is 11.8 Å². The van der Waals surface area contributed by atoms with Crippen molar-refractivity contribution in [3.8, 4) is 17.2 Å². The summed E-state index contributed by atoms with van der Waals surface area (Å²) in [5, 5.41) is 3.42. The van der Waals surface area contributed by atoms with Crippen LogP contribution in [0, 0.1) is 13.8 Å². The van der Waals surface area contributed by atoms with Gasteiger partial charge in [-0.25, -0.2) is 0 Å². The van der Waals surface area contributed by atoms with E-state index >= 15 is 0 Å². The van der Waals surface area contributed by atoms with E-state index < -0.39 is 0 Å². The van der Waals surface area contributed by atoms with Gasteiger partial charge >= 0.3 is 0 Å². The van der Waals surface area contributed by atoms with Crippen molar-refractivity contribution in [2.45, 2.75) is 26.9 Å². The Bertz CT molecular complexity index is 875. The highest BCUT2D eigenvalue weighted by Gasteiger charge is 2.09. The molecule has 0 radical (unpaired) electrons. The Morgan fingerprint density at radius 1 is 0.759 bits per heavy atom. The average Bonchev–Trinajstić information content (AvgIpc) is 2.74. The van der Waals surface area contributed by atoms with Gasteiger partial charge in [-0.15, -0.1) is 0 Å². The first kappa shape index (κ1) is 20.6. The molecule has 0 aliphatic carbocycles. The van der Waals surface area contributed by atoms with Crippen molar-refractivity contribution in [2.75, 3.05) is 25.1 Å². The Kier molecular flexibility index (Phi) is 7.40. The van der Waals surface area contributed by atoms with Crippen LogP contribution in [0.15, 0.2) is 72.8 Å². The van der Waals surface area contributed by atoms with Crippen molar-refractivity contribution in [1.82, 2.24) is 0 Å². The molecule has 1 N–H and O–H groups in total. The molecule has 29 heavy (non-hydrogen) atoms. The molecule has 0 heterocycles. The van der Waals surface area contributed by atoms with E-state index in [9.17, 15) is 0 Å². The first-order chi connectivity index (χ1) is 14.1. The monoisotopic (exact) mass is 391 g/mol. The molecule has 4 heteroatoms. The van der Waals surface area contributed by atoms with Crippen molar-refractivity contribution in [3.63, 3.8) is 0 Å². The molecule has 0 bridgehead atoms. The molecule has 3 aromatic rings. The van der Waals surface area contributed by atoms with Crippen molar-refractivity contribution < 1.29 is 14.2 Å². The van der Waals surface area contributed by atoms with E-state index in [1.807, 2.05) is 54.6 Å². The maximum Gasteiger partial charge on any atom is 0.125 e. The first-order valence-corrected chi connectivity index (χ1v) is 9.99. The summed E-state index contributed by atoms with van der Waals surface area (Å²) in [6.07, 6.45) is 0.0404. The van der Waals surface area contributed by atoms with Crippen LogP contribution in [0.2, 0.25) is 0 Å². The average molecular weight is 392 g/mol. The van der Waals surface area contributed by atoms with Gasteiger partial charge in [0.2, 0.25) is 0 Å². The Labute approximate surface area is 173 Å². The molecule has 1 unspecified atom stereocenters. The van der Waals surface area contributed by atoms with Gasteiger partial charge in [0.05, 0.1) is 6.54 Å². The molecule has 3 aromatic carbocycles. The lowest BCUT2D eigenvalue weighted by molar-refractivity contribution is 0.217. The number of ether oxygens (including phenoxy) is 3. The Morgan fingerprint density at radius 2 is 1.38 bits per heavy atom. The Morgan fingerprint density at radius 3 is 2.10 bits per heavy atom. The van der Waals surface area contributed by atoms with Gasteiger partial charge in [-0.05, 0) is 56.2 Å². The van der Waals surface area contributed by atoms with Gasteiger partial charge in [-0.2, -0.15) is 0 Å². The SMILES string of the molecule is Cc1cccc(C)c1OC(C)CNc1cccc(OCCOc2ccccc2)c1. The predicted octanol–water partition coefficient (Wildman–Crippen LogP) is 5.64. The number of para-hydroxylation sites is 2. The van der Waals surface area contributed by atoms with Crippen LogP contribution in [0.5, 0.6) is 17.2 Å². The van der Waals surface area contributed by atoms with Crippen LogP contribution in [0.25, 0.3) is 0 Å². The number of aryl methyl sites for hydroxylation is 2. The number of nitrogens with one attached hydrogen (secondary N) is 1. The summed E-state index contributed by atoms with van der Waals surface area (Å²) in [7, 11) is 0. The number of hydrogen-bond donors (Lipinski definition) is 1. The highest BCUT2D eigenvalue weighted by Crippen LogP contribution is 2.24. The second-order valence-electron chi connectivity index (χ2n) is 7.07. The lowest BCUT2D eigenvalue weighted by atomic mass is 10.1. The molecule has 0 aliphatic heterocycles. The van der Waals surface area contributed by atoms with Crippen LogP contribution in [-0.4, -0.2) is 25.9 Å². The summed E-state index contributed by atoms with van der Waals surface area (Å²) in [6, 6.07) is 23.9. The first-order valence-electron chi connectivity index (χ1n) is 9.99. The third-order valence-corrected chi connectivity index (χ3v) is 4.52. The van der Waals surface area contributed by atoms with Crippen LogP contribution in [-0.2, 0) is 0 Å². The minimum Gasteiger partial charge on any atom is -0.490 e. The number of anilines is 1. The lowest BCUT2D eigenvalue weighted by Gasteiger charge is -2.19. The standard InChI is InChI=1S/C25H29NO3/c1-19-9-7-10-20(2)25(19)29-21(3)18-26-22-11-8-14-24(17-22)28-16-15-27-23-12-5-4-6-13-23/h4-14,17,21,26H,15-16,18H2,1-3H3. The van der Waals surface area contributed by atoms with Gasteiger partial charge in [0.1, 0.15) is 36.6 Å². The second kappa shape index (κ2) is 10.4. The smallest absolute Gasteiger partial charge is 0.125 e. The number of hydrogen-bond acceptors (Lipinski definition) is 4. The third-order valence-electron chi connectivity index (χ3n) is 4.52. The molecule has 3 rings (SSSR count). The van der Waals surface area contributed by atoms with Gasteiger partial charge in [0.15, 0.2) is 0 Å². The number of benzene rings is 3. The molecular formula is C25H29NO3. The highest BCUT2D eigenvalue weighted by atomic mass is 16.5. The zero-order valence-electron chi connectivity index (χ0n) is 17.4. The van der Waals surface area contributed by atoms with E-state index in [2.05, 4.69) is 44.3 Å². The van der Waals surface area contributed by atoms with Crippen LogP contribution in [0.3, 0.4) is 0 Å². The van der Waals surface area contributed by atoms with Crippen molar-refractivity contribution in [3.05, 3.63) is 83.9 Å². The molecule has 0 saturated heterocycles. The largest absolute Gasteiger partial charge is 0.490 e. The highest BCUT2D eigenvalue weighted by molar-refractivity contribution is 5.48. The zero-order valence-corrected chi connectivity index (χ0v) is 17.4. The van der Waals surface area contributed by atoms with Crippen molar-refractivity contribution >= 4 is 5.69 Å². The van der Waals surface area contributed by atoms with Crippen LogP contribution >= 0.6 is 0 Å². The maximum atomic E-state index is 6.14. The van der Waals surface area contributed by atoms with E-state index in [0.717, 1.165) is 34.1 Å². The molecule has 4 nitrogen and oxygen atoms in total. The normalized spacial score (nSPS) is 11.6. The van der Waals surface area contributed by atoms with E-state index in [1.165, 1.54) is 0 Å². The summed E-state index contributed by atoms with van der Waals surface area (Å²) in [4.78, 5) is 0. The maximum absolute atomic E-state index is 6.14. The third kappa shape index (κ3) is 6.46. The molecule has 0 aromatic heterocycles. The van der Waals surface area contributed by atoms with Crippen LogP contribution in [0.1, 0.15) is 18.1 Å². The number of rotatable bonds is 10. The molecule has 152 valence electrons. The second-order valence-corrected chi connectivity index (χ2v) is 7.07. The topological polar surface area (TPSA) is 39.7 Å². The fourth-order valence-corrected chi connectivity index (χ4v) is 3.02. The van der Waals surface area contributed by atoms with Crippen molar-refractivity contribution in [2.24, 2.45) is 0 Å². The molecule has 0 fully saturated rings. The molecule has 0 spiro atoms. The predicted molar refractivity (Wildman–Crippen MR) is 118 cm³/mol.